The molecular weight excluding hydrogens is 242 g/mol. The minimum atomic E-state index is 0.203. The molecule has 0 N–H and O–H groups in total. The van der Waals surface area contributed by atoms with E-state index in [2.05, 4.69) is 22.0 Å². The maximum Gasteiger partial charge on any atom is 0.100 e. The molecule has 1 aliphatic rings. The molecule has 0 fully saturated rings. The Morgan fingerprint density at radius 3 is 3.00 bits per heavy atom. The second-order valence-electron chi connectivity index (χ2n) is 3.37. The van der Waals surface area contributed by atoms with Crippen LogP contribution in [0.15, 0.2) is 16.6 Å². The lowest BCUT2D eigenvalue weighted by Gasteiger charge is -2.09. The summed E-state index contributed by atoms with van der Waals surface area (Å²) in [4.78, 5) is 0. The summed E-state index contributed by atoms with van der Waals surface area (Å²) in [5, 5.41) is 8.86. The van der Waals surface area contributed by atoms with Crippen LogP contribution < -0.4 is 0 Å². The van der Waals surface area contributed by atoms with Gasteiger partial charge in [-0.3, -0.25) is 0 Å². The van der Waals surface area contributed by atoms with Gasteiger partial charge in [-0.15, -0.1) is 0 Å². The van der Waals surface area contributed by atoms with Crippen molar-refractivity contribution >= 4 is 15.9 Å². The smallest absolute Gasteiger partial charge is 0.100 e. The highest BCUT2D eigenvalue weighted by Crippen LogP contribution is 2.38. The maximum atomic E-state index is 8.86. The predicted octanol–water partition coefficient (Wildman–Crippen LogP) is 2.95. The molecule has 0 aliphatic heterocycles. The Kier molecular flexibility index (Phi) is 2.58. The number of halogens is 1. The largest absolute Gasteiger partial charge is 0.377 e. The van der Waals surface area contributed by atoms with Crippen molar-refractivity contribution in [3.05, 3.63) is 33.3 Å². The van der Waals surface area contributed by atoms with Gasteiger partial charge < -0.3 is 4.74 Å². The molecule has 3 heteroatoms. The SMILES string of the molecule is COC1CCc2c1ccc(C#N)c2Br. The molecule has 2 rings (SSSR count). The van der Waals surface area contributed by atoms with E-state index in [4.69, 9.17) is 10.00 Å². The number of hydrogen-bond donors (Lipinski definition) is 0. The van der Waals surface area contributed by atoms with Gasteiger partial charge >= 0.3 is 0 Å². The fraction of sp³-hybridized carbons (Fsp3) is 0.364. The van der Waals surface area contributed by atoms with Gasteiger partial charge in [-0.1, -0.05) is 6.07 Å². The molecule has 2 nitrogen and oxygen atoms in total. The molecule has 0 radical (unpaired) electrons. The van der Waals surface area contributed by atoms with Gasteiger partial charge in [0.2, 0.25) is 0 Å². The predicted molar refractivity (Wildman–Crippen MR) is 56.9 cm³/mol. The lowest BCUT2D eigenvalue weighted by atomic mass is 10.1. The summed E-state index contributed by atoms with van der Waals surface area (Å²) in [6, 6.07) is 6.02. The van der Waals surface area contributed by atoms with Crippen molar-refractivity contribution in [1.82, 2.24) is 0 Å². The van der Waals surface area contributed by atoms with Crippen LogP contribution in [0.25, 0.3) is 0 Å². The molecule has 1 aromatic carbocycles. The molecular formula is C11H10BrNO. The van der Waals surface area contributed by atoms with E-state index < -0.39 is 0 Å². The lowest BCUT2D eigenvalue weighted by molar-refractivity contribution is 0.105. The Morgan fingerprint density at radius 1 is 1.57 bits per heavy atom. The fourth-order valence-corrected chi connectivity index (χ4v) is 2.60. The van der Waals surface area contributed by atoms with E-state index >= 15 is 0 Å². The highest BCUT2D eigenvalue weighted by Gasteiger charge is 2.24. The van der Waals surface area contributed by atoms with Crippen LogP contribution in [0.1, 0.15) is 29.2 Å². The van der Waals surface area contributed by atoms with Crippen molar-refractivity contribution < 1.29 is 4.74 Å². The van der Waals surface area contributed by atoms with Gasteiger partial charge in [0, 0.05) is 11.6 Å². The molecule has 1 unspecified atom stereocenters. The second kappa shape index (κ2) is 3.72. The lowest BCUT2D eigenvalue weighted by Crippen LogP contribution is -1.95. The number of nitriles is 1. The van der Waals surface area contributed by atoms with Crippen molar-refractivity contribution in [2.75, 3.05) is 7.11 Å². The molecule has 0 aromatic heterocycles. The van der Waals surface area contributed by atoms with Crippen LogP contribution in [0.3, 0.4) is 0 Å². The maximum absolute atomic E-state index is 8.86. The molecule has 72 valence electrons. The van der Waals surface area contributed by atoms with Gasteiger partial charge in [0.05, 0.1) is 11.7 Å². The molecule has 0 saturated carbocycles. The summed E-state index contributed by atoms with van der Waals surface area (Å²) in [6.45, 7) is 0. The second-order valence-corrected chi connectivity index (χ2v) is 4.16. The van der Waals surface area contributed by atoms with Crippen molar-refractivity contribution in [2.45, 2.75) is 18.9 Å². The van der Waals surface area contributed by atoms with Crippen LogP contribution in [0.4, 0.5) is 0 Å². The Labute approximate surface area is 91.6 Å². The monoisotopic (exact) mass is 251 g/mol. The normalized spacial score (nSPS) is 19.1. The Bertz CT molecular complexity index is 408. The molecule has 0 spiro atoms. The Hall–Kier alpha value is -0.850. The molecule has 0 heterocycles. The van der Waals surface area contributed by atoms with Crippen LogP contribution in [0, 0.1) is 11.3 Å². The van der Waals surface area contributed by atoms with Crippen LogP contribution in [0.5, 0.6) is 0 Å². The minimum absolute atomic E-state index is 0.203. The van der Waals surface area contributed by atoms with Gasteiger partial charge in [-0.2, -0.15) is 5.26 Å². The molecule has 1 aliphatic carbocycles. The number of hydrogen-bond acceptors (Lipinski definition) is 2. The van der Waals surface area contributed by atoms with E-state index in [1.165, 1.54) is 11.1 Å². The average Bonchev–Trinajstić information content (AvgIpc) is 2.62. The molecule has 1 aromatic rings. The number of fused-ring (bicyclic) bond motifs is 1. The first-order valence-corrected chi connectivity index (χ1v) is 5.31. The van der Waals surface area contributed by atoms with Crippen molar-refractivity contribution in [3.63, 3.8) is 0 Å². The van der Waals surface area contributed by atoms with Gasteiger partial charge in [-0.05, 0) is 46.0 Å². The zero-order valence-corrected chi connectivity index (χ0v) is 9.47. The first kappa shape index (κ1) is 9.70. The van der Waals surface area contributed by atoms with Gasteiger partial charge in [0.25, 0.3) is 0 Å². The third kappa shape index (κ3) is 1.35. The topological polar surface area (TPSA) is 33.0 Å². The summed E-state index contributed by atoms with van der Waals surface area (Å²) in [7, 11) is 1.73. The number of benzene rings is 1. The average molecular weight is 252 g/mol. The quantitative estimate of drug-likeness (QED) is 0.769. The Balaban J connectivity index is 2.53. The van der Waals surface area contributed by atoms with E-state index in [0.717, 1.165) is 17.3 Å². The summed E-state index contributed by atoms with van der Waals surface area (Å²) in [5.41, 5.74) is 3.16. The van der Waals surface area contributed by atoms with Gasteiger partial charge in [-0.25, -0.2) is 0 Å². The molecule has 0 saturated heterocycles. The highest BCUT2D eigenvalue weighted by molar-refractivity contribution is 9.10. The fourth-order valence-electron chi connectivity index (χ4n) is 1.95. The number of ether oxygens (including phenoxy) is 1. The Morgan fingerprint density at radius 2 is 2.36 bits per heavy atom. The minimum Gasteiger partial charge on any atom is -0.377 e. The summed E-state index contributed by atoms with van der Waals surface area (Å²) in [6.07, 6.45) is 2.21. The van der Waals surface area contributed by atoms with E-state index in [-0.39, 0.29) is 6.10 Å². The number of rotatable bonds is 1. The zero-order valence-electron chi connectivity index (χ0n) is 7.88. The first-order chi connectivity index (χ1) is 6.77. The van der Waals surface area contributed by atoms with Crippen LogP contribution in [0.2, 0.25) is 0 Å². The van der Waals surface area contributed by atoms with Crippen molar-refractivity contribution in [2.24, 2.45) is 0 Å². The highest BCUT2D eigenvalue weighted by atomic mass is 79.9. The van der Waals surface area contributed by atoms with E-state index in [1.807, 2.05) is 12.1 Å². The van der Waals surface area contributed by atoms with Crippen LogP contribution in [-0.2, 0) is 11.2 Å². The van der Waals surface area contributed by atoms with E-state index in [1.54, 1.807) is 7.11 Å². The first-order valence-electron chi connectivity index (χ1n) is 4.52. The molecule has 14 heavy (non-hydrogen) atoms. The molecule has 0 bridgehead atoms. The van der Waals surface area contributed by atoms with Crippen LogP contribution in [-0.4, -0.2) is 7.11 Å². The molecule has 1 atom stereocenters. The third-order valence-electron chi connectivity index (χ3n) is 2.69. The van der Waals surface area contributed by atoms with Crippen molar-refractivity contribution in [3.8, 4) is 6.07 Å². The third-order valence-corrected chi connectivity index (χ3v) is 3.59. The van der Waals surface area contributed by atoms with Gasteiger partial charge in [0.15, 0.2) is 0 Å². The van der Waals surface area contributed by atoms with Crippen molar-refractivity contribution in [1.29, 1.82) is 5.26 Å². The van der Waals surface area contributed by atoms with Crippen LogP contribution >= 0.6 is 15.9 Å². The summed E-state index contributed by atoms with van der Waals surface area (Å²) >= 11 is 3.47. The summed E-state index contributed by atoms with van der Waals surface area (Å²) < 4.78 is 6.30. The summed E-state index contributed by atoms with van der Waals surface area (Å²) in [5.74, 6) is 0. The molecule has 0 amide bonds. The van der Waals surface area contributed by atoms with Gasteiger partial charge in [0.1, 0.15) is 6.07 Å². The van der Waals surface area contributed by atoms with E-state index in [9.17, 15) is 0 Å². The standard InChI is InChI=1S/C11H10BrNO/c1-14-10-5-4-9-8(10)3-2-7(6-13)11(9)12/h2-3,10H,4-5H2,1H3. The van der Waals surface area contributed by atoms with E-state index in [0.29, 0.717) is 5.56 Å². The zero-order chi connectivity index (χ0) is 10.1. The number of nitrogens with zero attached hydrogens (tertiary/aromatic N) is 1. The number of methoxy groups -OCH3 is 1.